The van der Waals surface area contributed by atoms with E-state index in [2.05, 4.69) is 0 Å². The summed E-state index contributed by atoms with van der Waals surface area (Å²) in [5, 5.41) is 0. The van der Waals surface area contributed by atoms with E-state index in [1.54, 1.807) is 0 Å². The van der Waals surface area contributed by atoms with Gasteiger partial charge in [0.2, 0.25) is 11.8 Å². The number of rotatable bonds is 3. The maximum absolute atomic E-state index is 12.0. The third kappa shape index (κ3) is 2.76. The summed E-state index contributed by atoms with van der Waals surface area (Å²) >= 11 is 0. The lowest BCUT2D eigenvalue weighted by molar-refractivity contribution is -0.137. The molecule has 1 heterocycles. The fourth-order valence-corrected chi connectivity index (χ4v) is 1.47. The molecule has 0 atom stereocenters. The van der Waals surface area contributed by atoms with Gasteiger partial charge in [-0.05, 0) is 0 Å². The van der Waals surface area contributed by atoms with Gasteiger partial charge in [0, 0.05) is 19.4 Å². The van der Waals surface area contributed by atoms with Crippen LogP contribution in [-0.2, 0) is 19.8 Å². The van der Waals surface area contributed by atoms with Crippen LogP contribution < -0.4 is 0 Å². The Labute approximate surface area is 74.7 Å². The minimum Gasteiger partial charge on any atom is -0.281 e. The van der Waals surface area contributed by atoms with Crippen molar-refractivity contribution in [3.63, 3.8) is 0 Å². The summed E-state index contributed by atoms with van der Waals surface area (Å²) in [5.41, 5.74) is 0. The zero-order valence-electron chi connectivity index (χ0n) is 6.69. The molecule has 0 bridgehead atoms. The molecule has 0 N–H and O–H groups in total. The Hall–Kier alpha value is -0.980. The van der Waals surface area contributed by atoms with Crippen LogP contribution in [0.15, 0.2) is 0 Å². The second-order valence-electron chi connectivity index (χ2n) is 2.68. The molecule has 5 nitrogen and oxygen atoms in total. The molecule has 1 aliphatic rings. The number of carbonyl (C=O) groups is 2. The van der Waals surface area contributed by atoms with E-state index >= 15 is 0 Å². The number of nitrogens with zero attached hydrogens (tertiary/aromatic N) is 1. The van der Waals surface area contributed by atoms with E-state index in [1.165, 1.54) is 0 Å². The Bertz CT molecular complexity index is 321. The van der Waals surface area contributed by atoms with Crippen LogP contribution in [0.2, 0.25) is 0 Å². The molecule has 1 fully saturated rings. The Balaban J connectivity index is 2.54. The molecule has 7 heteroatoms. The van der Waals surface area contributed by atoms with Crippen LogP contribution in [0.3, 0.4) is 0 Å². The van der Waals surface area contributed by atoms with Gasteiger partial charge in [-0.3, -0.25) is 14.5 Å². The molecule has 0 aromatic rings. The maximum atomic E-state index is 12.0. The summed E-state index contributed by atoms with van der Waals surface area (Å²) in [6, 6.07) is 0. The van der Waals surface area contributed by atoms with Gasteiger partial charge < -0.3 is 0 Å². The lowest BCUT2D eigenvalue weighted by atomic mass is 10.4. The first-order valence-corrected chi connectivity index (χ1v) is 5.21. The van der Waals surface area contributed by atoms with Crippen molar-refractivity contribution in [2.45, 2.75) is 12.8 Å². The van der Waals surface area contributed by atoms with Crippen molar-refractivity contribution in [3.8, 4) is 0 Å². The molecule has 0 aromatic heterocycles. The number of hydrogen-bond acceptors (Lipinski definition) is 4. The summed E-state index contributed by atoms with van der Waals surface area (Å²) < 4.78 is 32.2. The minimum atomic E-state index is -4.60. The van der Waals surface area contributed by atoms with Gasteiger partial charge in [0.05, 0.1) is 5.75 Å². The first kappa shape index (κ1) is 10.1. The van der Waals surface area contributed by atoms with Crippen molar-refractivity contribution in [1.82, 2.24) is 4.90 Å². The third-order valence-corrected chi connectivity index (χ3v) is 2.38. The fraction of sp³-hybridized carbons (Fsp3) is 0.667. The number of imide groups is 1. The highest BCUT2D eigenvalue weighted by atomic mass is 32.3. The molecule has 1 saturated heterocycles. The second kappa shape index (κ2) is 3.41. The van der Waals surface area contributed by atoms with Crippen LogP contribution in [0, 0.1) is 0 Å². The van der Waals surface area contributed by atoms with Gasteiger partial charge in [0.15, 0.2) is 0 Å². The van der Waals surface area contributed by atoms with Crippen LogP contribution >= 0.6 is 0 Å². The molecule has 0 radical (unpaired) electrons. The standard InChI is InChI=1S/C6H8FNO4S/c7-13(11,12)4-3-8-5(9)1-2-6(8)10/h1-4H2. The predicted molar refractivity (Wildman–Crippen MR) is 40.8 cm³/mol. The zero-order chi connectivity index (χ0) is 10.1. The molecule has 0 aromatic carbocycles. The smallest absolute Gasteiger partial charge is 0.281 e. The Morgan fingerprint density at radius 1 is 1.23 bits per heavy atom. The molecule has 1 aliphatic heterocycles. The predicted octanol–water partition coefficient (Wildman–Crippen LogP) is -0.565. The van der Waals surface area contributed by atoms with Crippen molar-refractivity contribution >= 4 is 22.0 Å². The van der Waals surface area contributed by atoms with Crippen LogP contribution in [0.5, 0.6) is 0 Å². The number of amides is 2. The van der Waals surface area contributed by atoms with Crippen molar-refractivity contribution in [3.05, 3.63) is 0 Å². The van der Waals surface area contributed by atoms with Gasteiger partial charge in [-0.15, -0.1) is 3.89 Å². The first-order valence-electron chi connectivity index (χ1n) is 3.66. The van der Waals surface area contributed by atoms with Crippen molar-refractivity contribution < 1.29 is 21.9 Å². The fourth-order valence-electron chi connectivity index (χ4n) is 1.07. The molecule has 0 aliphatic carbocycles. The Kier molecular flexibility index (Phi) is 2.65. The highest BCUT2D eigenvalue weighted by Gasteiger charge is 2.29. The Morgan fingerprint density at radius 2 is 1.69 bits per heavy atom. The summed E-state index contributed by atoms with van der Waals surface area (Å²) in [6.07, 6.45) is 0.177. The van der Waals surface area contributed by atoms with Crippen LogP contribution in [0.1, 0.15) is 12.8 Å². The highest BCUT2D eigenvalue weighted by molar-refractivity contribution is 7.86. The van der Waals surface area contributed by atoms with Gasteiger partial charge in [0.25, 0.3) is 0 Å². The highest BCUT2D eigenvalue weighted by Crippen LogP contribution is 2.11. The second-order valence-corrected chi connectivity index (χ2v) is 4.17. The average molecular weight is 209 g/mol. The molecule has 0 unspecified atom stereocenters. The molecule has 2 amide bonds. The van der Waals surface area contributed by atoms with E-state index in [0.29, 0.717) is 0 Å². The summed E-state index contributed by atoms with van der Waals surface area (Å²) in [6.45, 7) is -0.378. The van der Waals surface area contributed by atoms with Crippen LogP contribution in [-0.4, -0.2) is 37.4 Å². The summed E-state index contributed by atoms with van der Waals surface area (Å²) in [4.78, 5) is 22.6. The van der Waals surface area contributed by atoms with E-state index in [9.17, 15) is 21.9 Å². The molecular formula is C6H8FNO4S. The zero-order valence-corrected chi connectivity index (χ0v) is 7.51. The lowest BCUT2D eigenvalue weighted by Gasteiger charge is -2.10. The number of halogens is 1. The van der Waals surface area contributed by atoms with Crippen molar-refractivity contribution in [1.29, 1.82) is 0 Å². The van der Waals surface area contributed by atoms with Gasteiger partial charge in [-0.25, -0.2) is 0 Å². The van der Waals surface area contributed by atoms with Crippen molar-refractivity contribution in [2.24, 2.45) is 0 Å². The van der Waals surface area contributed by atoms with E-state index in [-0.39, 0.29) is 19.4 Å². The maximum Gasteiger partial charge on any atom is 0.304 e. The Morgan fingerprint density at radius 3 is 2.08 bits per heavy atom. The number of hydrogen-bond donors (Lipinski definition) is 0. The van der Waals surface area contributed by atoms with E-state index in [1.807, 2.05) is 0 Å². The first-order chi connectivity index (χ1) is 5.90. The van der Waals surface area contributed by atoms with Gasteiger partial charge in [0.1, 0.15) is 0 Å². The van der Waals surface area contributed by atoms with E-state index in [4.69, 9.17) is 0 Å². The number of likely N-dealkylation sites (tertiary alicyclic amines) is 1. The van der Waals surface area contributed by atoms with Crippen LogP contribution in [0.25, 0.3) is 0 Å². The molecule has 1 rings (SSSR count). The molecular weight excluding hydrogens is 201 g/mol. The topological polar surface area (TPSA) is 71.5 Å². The van der Waals surface area contributed by atoms with Gasteiger partial charge in [-0.1, -0.05) is 0 Å². The lowest BCUT2D eigenvalue weighted by Crippen LogP contribution is -2.33. The summed E-state index contributed by atoms with van der Waals surface area (Å²) in [7, 11) is -4.60. The van der Waals surface area contributed by atoms with Gasteiger partial charge in [-0.2, -0.15) is 8.42 Å². The van der Waals surface area contributed by atoms with E-state index in [0.717, 1.165) is 4.90 Å². The monoisotopic (exact) mass is 209 g/mol. The SMILES string of the molecule is O=C1CCC(=O)N1CCS(=O)(=O)F. The largest absolute Gasteiger partial charge is 0.304 e. The molecule has 0 spiro atoms. The normalized spacial score (nSPS) is 18.4. The van der Waals surface area contributed by atoms with E-state index < -0.39 is 27.8 Å². The molecule has 13 heavy (non-hydrogen) atoms. The molecule has 0 saturated carbocycles. The van der Waals surface area contributed by atoms with Crippen molar-refractivity contribution in [2.75, 3.05) is 12.3 Å². The average Bonchev–Trinajstić information content (AvgIpc) is 2.27. The minimum absolute atomic E-state index is 0.0885. The summed E-state index contributed by atoms with van der Waals surface area (Å²) in [5.74, 6) is -1.69. The van der Waals surface area contributed by atoms with Gasteiger partial charge >= 0.3 is 10.2 Å². The molecule has 74 valence electrons. The number of carbonyl (C=O) groups excluding carboxylic acids is 2. The van der Waals surface area contributed by atoms with Crippen LogP contribution in [0.4, 0.5) is 3.89 Å². The third-order valence-electron chi connectivity index (χ3n) is 1.71. The quantitative estimate of drug-likeness (QED) is 0.461.